The molecular formula is C38H40F2N8O3. The number of hydrogen-bond donors (Lipinski definition) is 3. The SMILES string of the molecule is CCC[C@@]1(C(=O)Nc2ccc3[nH]nc(-c4ccc(F)cc4)c3c2)CCN(CC(=O)N2CC=C(c3ccc(-c4nnc(NCC)o4)cc3F)CC2)C1. The van der Waals surface area contributed by atoms with E-state index in [1.165, 1.54) is 18.2 Å². The highest BCUT2D eigenvalue weighted by atomic mass is 19.1. The molecule has 1 fully saturated rings. The minimum absolute atomic E-state index is 0.0135. The summed E-state index contributed by atoms with van der Waals surface area (Å²) in [6.07, 6.45) is 4.61. The van der Waals surface area contributed by atoms with E-state index in [4.69, 9.17) is 4.42 Å². The average molecular weight is 695 g/mol. The molecule has 4 heterocycles. The zero-order valence-corrected chi connectivity index (χ0v) is 28.6. The molecule has 2 aliphatic heterocycles. The summed E-state index contributed by atoms with van der Waals surface area (Å²) < 4.78 is 34.3. The summed E-state index contributed by atoms with van der Waals surface area (Å²) in [7, 11) is 0. The third kappa shape index (κ3) is 7.11. The Balaban J connectivity index is 0.972. The van der Waals surface area contributed by atoms with Crippen molar-refractivity contribution in [2.24, 2.45) is 5.41 Å². The van der Waals surface area contributed by atoms with Gasteiger partial charge in [-0.2, -0.15) is 5.10 Å². The van der Waals surface area contributed by atoms with Crippen LogP contribution in [0.3, 0.4) is 0 Å². The predicted molar refractivity (Wildman–Crippen MR) is 192 cm³/mol. The molecule has 2 aromatic heterocycles. The van der Waals surface area contributed by atoms with Gasteiger partial charge in [-0.1, -0.05) is 30.6 Å². The van der Waals surface area contributed by atoms with Gasteiger partial charge in [-0.3, -0.25) is 19.6 Å². The van der Waals surface area contributed by atoms with Crippen molar-refractivity contribution in [3.63, 3.8) is 0 Å². The third-order valence-electron chi connectivity index (χ3n) is 9.82. The number of carbonyl (C=O) groups is 2. The molecular weight excluding hydrogens is 654 g/mol. The van der Waals surface area contributed by atoms with Crippen LogP contribution in [0.15, 0.2) is 71.2 Å². The Kier molecular flexibility index (Phi) is 9.63. The molecule has 1 saturated heterocycles. The minimum atomic E-state index is -0.631. The molecule has 13 heteroatoms. The maximum Gasteiger partial charge on any atom is 0.315 e. The van der Waals surface area contributed by atoms with E-state index in [1.54, 1.807) is 29.2 Å². The fraction of sp³-hybridized carbons (Fsp3) is 0.342. The van der Waals surface area contributed by atoms with E-state index in [1.807, 2.05) is 31.2 Å². The van der Waals surface area contributed by atoms with Crippen LogP contribution in [-0.4, -0.2) is 81.3 Å². The maximum atomic E-state index is 15.2. The quantitative estimate of drug-likeness (QED) is 0.139. The fourth-order valence-corrected chi connectivity index (χ4v) is 7.16. The zero-order chi connectivity index (χ0) is 35.5. The molecule has 3 aromatic carbocycles. The van der Waals surface area contributed by atoms with Gasteiger partial charge in [0.2, 0.25) is 17.7 Å². The van der Waals surface area contributed by atoms with E-state index in [-0.39, 0.29) is 41.9 Å². The van der Waals surface area contributed by atoms with Gasteiger partial charge in [0.25, 0.3) is 0 Å². The standard InChI is InChI=1S/C38H40F2N8O3/c1-3-15-38(36(50)42-28-10-12-32-30(21-28)34(44-43-32)25-5-8-27(39)9-6-25)16-19-47(23-38)22-33(49)48-17-13-24(14-18-48)29-11-7-26(20-31(29)40)35-45-46-37(51-35)41-4-2/h5-13,20-21H,3-4,14-19,22-23H2,1-2H3,(H,41,46)(H,42,50)(H,43,44)/t38-/m1/s1. The highest BCUT2D eigenvalue weighted by Crippen LogP contribution is 2.38. The number of benzene rings is 3. The number of carbonyl (C=O) groups excluding carboxylic acids is 2. The van der Waals surface area contributed by atoms with Crippen LogP contribution >= 0.6 is 0 Å². The summed E-state index contributed by atoms with van der Waals surface area (Å²) in [5, 5.41) is 22.2. The number of amides is 2. The highest BCUT2D eigenvalue weighted by molar-refractivity contribution is 6.00. The first-order chi connectivity index (χ1) is 24.7. The maximum absolute atomic E-state index is 15.2. The van der Waals surface area contributed by atoms with Crippen molar-refractivity contribution in [1.29, 1.82) is 0 Å². The largest absolute Gasteiger partial charge is 0.403 e. The molecule has 264 valence electrons. The Morgan fingerprint density at radius 2 is 1.82 bits per heavy atom. The number of hydrogen-bond acceptors (Lipinski definition) is 8. The van der Waals surface area contributed by atoms with Gasteiger partial charge in [0.15, 0.2) is 0 Å². The van der Waals surface area contributed by atoms with Crippen LogP contribution in [0.25, 0.3) is 39.2 Å². The van der Waals surface area contributed by atoms with E-state index >= 15 is 4.39 Å². The molecule has 11 nitrogen and oxygen atoms in total. The first-order valence-electron chi connectivity index (χ1n) is 17.4. The molecule has 5 aromatic rings. The topological polar surface area (TPSA) is 132 Å². The second kappa shape index (κ2) is 14.4. The molecule has 51 heavy (non-hydrogen) atoms. The number of halogens is 2. The van der Waals surface area contributed by atoms with Gasteiger partial charge in [-0.25, -0.2) is 8.78 Å². The van der Waals surface area contributed by atoms with Crippen LogP contribution in [0.4, 0.5) is 20.5 Å². The van der Waals surface area contributed by atoms with E-state index in [9.17, 15) is 14.0 Å². The van der Waals surface area contributed by atoms with E-state index in [0.717, 1.165) is 28.5 Å². The van der Waals surface area contributed by atoms with Gasteiger partial charge in [-0.05, 0) is 92.9 Å². The van der Waals surface area contributed by atoms with Crippen molar-refractivity contribution in [2.75, 3.05) is 49.9 Å². The lowest BCUT2D eigenvalue weighted by molar-refractivity contribution is -0.132. The van der Waals surface area contributed by atoms with Crippen molar-refractivity contribution in [2.45, 2.75) is 39.5 Å². The number of fused-ring (bicyclic) bond motifs is 1. The van der Waals surface area contributed by atoms with Crippen LogP contribution in [-0.2, 0) is 9.59 Å². The van der Waals surface area contributed by atoms with Crippen LogP contribution < -0.4 is 10.6 Å². The minimum Gasteiger partial charge on any atom is -0.403 e. The normalized spacial score (nSPS) is 17.9. The predicted octanol–water partition coefficient (Wildman–Crippen LogP) is 6.74. The lowest BCUT2D eigenvalue weighted by Gasteiger charge is -2.30. The van der Waals surface area contributed by atoms with Crippen molar-refractivity contribution >= 4 is 40.0 Å². The van der Waals surface area contributed by atoms with E-state index in [0.29, 0.717) is 74.5 Å². The Bertz CT molecular complexity index is 2090. The number of likely N-dealkylation sites (tertiary alicyclic amines) is 1. The van der Waals surface area contributed by atoms with Crippen molar-refractivity contribution in [3.05, 3.63) is 83.9 Å². The smallest absolute Gasteiger partial charge is 0.315 e. The average Bonchev–Trinajstić information content (AvgIpc) is 3.89. The number of rotatable bonds is 11. The molecule has 3 N–H and O–H groups in total. The van der Waals surface area contributed by atoms with Gasteiger partial charge in [0.1, 0.15) is 11.6 Å². The van der Waals surface area contributed by atoms with Crippen molar-refractivity contribution < 1.29 is 22.8 Å². The van der Waals surface area contributed by atoms with E-state index in [2.05, 4.69) is 42.9 Å². The summed E-state index contributed by atoms with van der Waals surface area (Å²) in [4.78, 5) is 31.2. The van der Waals surface area contributed by atoms with Crippen LogP contribution in [0.2, 0.25) is 0 Å². The van der Waals surface area contributed by atoms with Gasteiger partial charge in [-0.15, -0.1) is 5.10 Å². The number of anilines is 2. The van der Waals surface area contributed by atoms with Gasteiger partial charge in [0.05, 0.1) is 23.2 Å². The molecule has 0 aliphatic carbocycles. The Morgan fingerprint density at radius 1 is 1.00 bits per heavy atom. The Labute approximate surface area is 294 Å². The highest BCUT2D eigenvalue weighted by Gasteiger charge is 2.44. The summed E-state index contributed by atoms with van der Waals surface area (Å²) in [6.45, 7) is 6.81. The Hall–Kier alpha value is -5.43. The van der Waals surface area contributed by atoms with Crippen LogP contribution in [0, 0.1) is 17.0 Å². The van der Waals surface area contributed by atoms with Gasteiger partial charge >= 0.3 is 6.01 Å². The second-order valence-electron chi connectivity index (χ2n) is 13.2. The second-order valence-corrected chi connectivity index (χ2v) is 13.2. The summed E-state index contributed by atoms with van der Waals surface area (Å²) in [5.41, 5.74) is 4.11. The lowest BCUT2D eigenvalue weighted by Crippen LogP contribution is -2.43. The van der Waals surface area contributed by atoms with Gasteiger partial charge in [0, 0.05) is 53.9 Å². The monoisotopic (exact) mass is 694 g/mol. The van der Waals surface area contributed by atoms with E-state index < -0.39 is 5.41 Å². The molecule has 0 spiro atoms. The van der Waals surface area contributed by atoms with Crippen molar-refractivity contribution in [1.82, 2.24) is 30.2 Å². The first kappa shape index (κ1) is 34.0. The molecule has 0 radical (unpaired) electrons. The van der Waals surface area contributed by atoms with Gasteiger partial charge < -0.3 is 20.0 Å². The molecule has 0 saturated carbocycles. The lowest BCUT2D eigenvalue weighted by atomic mass is 9.81. The third-order valence-corrected chi connectivity index (χ3v) is 9.82. The molecule has 1 atom stereocenters. The number of nitrogens with one attached hydrogen (secondary N) is 3. The molecule has 0 unspecified atom stereocenters. The number of aromatic nitrogens is 4. The van der Waals surface area contributed by atoms with Crippen molar-refractivity contribution in [3.8, 4) is 22.7 Å². The summed E-state index contributed by atoms with van der Waals surface area (Å²) in [5.74, 6) is -0.552. The molecule has 2 amide bonds. The first-order valence-corrected chi connectivity index (χ1v) is 17.4. The number of aromatic amines is 1. The van der Waals surface area contributed by atoms with Crippen LogP contribution in [0.1, 0.15) is 45.1 Å². The Morgan fingerprint density at radius 3 is 2.57 bits per heavy atom. The zero-order valence-electron chi connectivity index (χ0n) is 28.6. The molecule has 2 aliphatic rings. The fourth-order valence-electron chi connectivity index (χ4n) is 7.16. The number of H-pyrrole nitrogens is 1. The van der Waals surface area contributed by atoms with Crippen LogP contribution in [0.5, 0.6) is 0 Å². The summed E-state index contributed by atoms with van der Waals surface area (Å²) in [6, 6.07) is 16.9. The molecule has 0 bridgehead atoms. The molecule has 7 rings (SSSR count). The number of nitrogens with zero attached hydrogens (tertiary/aromatic N) is 5. The summed E-state index contributed by atoms with van der Waals surface area (Å²) >= 11 is 0.